The quantitative estimate of drug-likeness (QED) is 0.830. The van der Waals surface area contributed by atoms with E-state index in [0.29, 0.717) is 28.0 Å². The van der Waals surface area contributed by atoms with Crippen LogP contribution in [0.3, 0.4) is 0 Å². The molecule has 0 unspecified atom stereocenters. The fraction of sp³-hybridized carbons (Fsp3) is 0.333. The third-order valence-electron chi connectivity index (χ3n) is 3.14. The first-order valence-corrected chi connectivity index (χ1v) is 6.84. The monoisotopic (exact) mass is 293 g/mol. The van der Waals surface area contributed by atoms with Gasteiger partial charge in [-0.05, 0) is 26.0 Å². The van der Waals surface area contributed by atoms with Crippen LogP contribution in [0.4, 0.5) is 15.9 Å². The Labute approximate surface area is 123 Å². The van der Waals surface area contributed by atoms with Crippen LogP contribution in [0.5, 0.6) is 0 Å². The number of hydrogen-bond donors (Lipinski definition) is 1. The van der Waals surface area contributed by atoms with E-state index in [1.807, 2.05) is 26.8 Å². The van der Waals surface area contributed by atoms with E-state index < -0.39 is 0 Å². The zero-order valence-electron chi connectivity index (χ0n) is 12.0. The largest absolute Gasteiger partial charge is 0.340 e. The molecule has 0 aliphatic rings. The maximum atomic E-state index is 13.6. The van der Waals surface area contributed by atoms with Crippen LogP contribution >= 0.6 is 11.6 Å². The lowest BCUT2D eigenvalue weighted by atomic mass is 10.1. The van der Waals surface area contributed by atoms with Crippen LogP contribution < -0.4 is 5.32 Å². The molecule has 0 amide bonds. The second kappa shape index (κ2) is 5.75. The molecular weight excluding hydrogens is 277 g/mol. The molecule has 1 aromatic heterocycles. The topological polar surface area (TPSA) is 37.8 Å². The fourth-order valence-corrected chi connectivity index (χ4v) is 1.93. The summed E-state index contributed by atoms with van der Waals surface area (Å²) in [6.07, 6.45) is 0. The number of nitrogens with zero attached hydrogens (tertiary/aromatic N) is 2. The van der Waals surface area contributed by atoms with E-state index in [-0.39, 0.29) is 11.7 Å². The van der Waals surface area contributed by atoms with Crippen LogP contribution in [0.1, 0.15) is 36.7 Å². The standard InChI is InChI=1S/C15H17ClFN3/c1-8(2)14-19-13(16)10(4)15(20-14)18-12-7-5-6-11(17)9(12)3/h5-8H,1-4H3,(H,18,19,20). The van der Waals surface area contributed by atoms with Crippen molar-refractivity contribution < 1.29 is 4.39 Å². The van der Waals surface area contributed by atoms with Gasteiger partial charge in [0.1, 0.15) is 22.6 Å². The first-order chi connectivity index (χ1) is 9.40. The Hall–Kier alpha value is -1.68. The molecule has 0 spiro atoms. The predicted molar refractivity (Wildman–Crippen MR) is 80.3 cm³/mol. The third kappa shape index (κ3) is 2.90. The van der Waals surface area contributed by atoms with Gasteiger partial charge in [0.05, 0.1) is 0 Å². The Bertz CT molecular complexity index is 641. The maximum absolute atomic E-state index is 13.6. The fourth-order valence-electron chi connectivity index (χ4n) is 1.76. The molecule has 1 aromatic carbocycles. The van der Waals surface area contributed by atoms with Gasteiger partial charge in [0, 0.05) is 22.7 Å². The Kier molecular flexibility index (Phi) is 4.23. The molecule has 2 aromatic rings. The van der Waals surface area contributed by atoms with Crippen LogP contribution in [0.15, 0.2) is 18.2 Å². The van der Waals surface area contributed by atoms with Crippen LogP contribution in [0.2, 0.25) is 5.15 Å². The van der Waals surface area contributed by atoms with Crippen molar-refractivity contribution in [2.45, 2.75) is 33.6 Å². The predicted octanol–water partition coefficient (Wildman–Crippen LogP) is 4.75. The average molecular weight is 294 g/mol. The Morgan fingerprint density at radius 2 is 1.85 bits per heavy atom. The first-order valence-electron chi connectivity index (χ1n) is 6.46. The summed E-state index contributed by atoms with van der Waals surface area (Å²) in [5, 5.41) is 3.56. The van der Waals surface area contributed by atoms with Crippen molar-refractivity contribution in [2.24, 2.45) is 0 Å². The van der Waals surface area contributed by atoms with Gasteiger partial charge in [0.25, 0.3) is 0 Å². The van der Waals surface area contributed by atoms with Crippen molar-refractivity contribution in [2.75, 3.05) is 5.32 Å². The van der Waals surface area contributed by atoms with Crippen LogP contribution in [-0.2, 0) is 0 Å². The maximum Gasteiger partial charge on any atom is 0.138 e. The number of anilines is 2. The Balaban J connectivity index is 2.45. The minimum absolute atomic E-state index is 0.169. The summed E-state index contributed by atoms with van der Waals surface area (Å²) in [4.78, 5) is 8.72. The molecule has 1 N–H and O–H groups in total. The highest BCUT2D eigenvalue weighted by atomic mass is 35.5. The summed E-state index contributed by atoms with van der Waals surface area (Å²) in [5.41, 5.74) is 1.98. The van der Waals surface area contributed by atoms with E-state index in [4.69, 9.17) is 11.6 Å². The molecule has 0 saturated heterocycles. The highest BCUT2D eigenvalue weighted by Gasteiger charge is 2.13. The van der Waals surface area contributed by atoms with Gasteiger partial charge in [-0.15, -0.1) is 0 Å². The van der Waals surface area contributed by atoms with Gasteiger partial charge in [0.15, 0.2) is 0 Å². The number of nitrogens with one attached hydrogen (secondary N) is 1. The molecule has 5 heteroatoms. The minimum Gasteiger partial charge on any atom is -0.340 e. The molecule has 0 fully saturated rings. The zero-order valence-corrected chi connectivity index (χ0v) is 12.7. The average Bonchev–Trinajstić information content (AvgIpc) is 2.39. The Morgan fingerprint density at radius 1 is 1.15 bits per heavy atom. The zero-order chi connectivity index (χ0) is 14.9. The normalized spacial score (nSPS) is 10.9. The summed E-state index contributed by atoms with van der Waals surface area (Å²) in [6.45, 7) is 7.55. The molecule has 0 radical (unpaired) electrons. The van der Waals surface area contributed by atoms with Crippen molar-refractivity contribution in [1.29, 1.82) is 0 Å². The number of halogens is 2. The molecular formula is C15H17ClFN3. The van der Waals surface area contributed by atoms with E-state index in [9.17, 15) is 4.39 Å². The summed E-state index contributed by atoms with van der Waals surface area (Å²) < 4.78 is 13.6. The van der Waals surface area contributed by atoms with Crippen molar-refractivity contribution in [3.63, 3.8) is 0 Å². The molecule has 0 aliphatic carbocycles. The summed E-state index contributed by atoms with van der Waals surface area (Å²) in [6, 6.07) is 4.90. The highest BCUT2D eigenvalue weighted by Crippen LogP contribution is 2.27. The third-order valence-corrected chi connectivity index (χ3v) is 3.51. The van der Waals surface area contributed by atoms with Gasteiger partial charge in [-0.25, -0.2) is 14.4 Å². The van der Waals surface area contributed by atoms with Crippen LogP contribution in [0, 0.1) is 19.7 Å². The van der Waals surface area contributed by atoms with E-state index in [1.165, 1.54) is 6.07 Å². The number of hydrogen-bond acceptors (Lipinski definition) is 3. The first kappa shape index (κ1) is 14.7. The molecule has 2 rings (SSSR count). The lowest BCUT2D eigenvalue weighted by molar-refractivity contribution is 0.619. The second-order valence-electron chi connectivity index (χ2n) is 5.04. The molecule has 20 heavy (non-hydrogen) atoms. The lowest BCUT2D eigenvalue weighted by Crippen LogP contribution is -2.06. The molecule has 3 nitrogen and oxygen atoms in total. The van der Waals surface area contributed by atoms with Gasteiger partial charge in [-0.3, -0.25) is 0 Å². The number of aromatic nitrogens is 2. The smallest absolute Gasteiger partial charge is 0.138 e. The number of rotatable bonds is 3. The van der Waals surface area contributed by atoms with Gasteiger partial charge in [-0.1, -0.05) is 31.5 Å². The SMILES string of the molecule is Cc1c(F)cccc1Nc1nc(C(C)C)nc(Cl)c1C. The Morgan fingerprint density at radius 3 is 2.50 bits per heavy atom. The van der Waals surface area contributed by atoms with E-state index >= 15 is 0 Å². The van der Waals surface area contributed by atoms with Crippen molar-refractivity contribution in [3.05, 3.63) is 46.1 Å². The molecule has 0 atom stereocenters. The van der Waals surface area contributed by atoms with Crippen molar-refractivity contribution in [3.8, 4) is 0 Å². The molecule has 1 heterocycles. The van der Waals surface area contributed by atoms with Gasteiger partial charge in [0.2, 0.25) is 0 Å². The van der Waals surface area contributed by atoms with Crippen molar-refractivity contribution in [1.82, 2.24) is 9.97 Å². The lowest BCUT2D eigenvalue weighted by Gasteiger charge is -2.14. The van der Waals surface area contributed by atoms with Gasteiger partial charge < -0.3 is 5.32 Å². The van der Waals surface area contributed by atoms with Crippen LogP contribution in [-0.4, -0.2) is 9.97 Å². The molecule has 0 saturated carbocycles. The molecule has 0 bridgehead atoms. The van der Waals surface area contributed by atoms with Gasteiger partial charge in [-0.2, -0.15) is 0 Å². The van der Waals surface area contributed by atoms with E-state index in [2.05, 4.69) is 15.3 Å². The van der Waals surface area contributed by atoms with E-state index in [1.54, 1.807) is 13.0 Å². The highest BCUT2D eigenvalue weighted by molar-refractivity contribution is 6.30. The second-order valence-corrected chi connectivity index (χ2v) is 5.40. The molecule has 0 aliphatic heterocycles. The van der Waals surface area contributed by atoms with Crippen LogP contribution in [0.25, 0.3) is 0 Å². The van der Waals surface area contributed by atoms with Crippen molar-refractivity contribution >= 4 is 23.1 Å². The summed E-state index contributed by atoms with van der Waals surface area (Å²) in [7, 11) is 0. The number of benzene rings is 1. The molecule has 106 valence electrons. The summed E-state index contributed by atoms with van der Waals surface area (Å²) in [5.74, 6) is 1.19. The van der Waals surface area contributed by atoms with E-state index in [0.717, 1.165) is 5.56 Å². The summed E-state index contributed by atoms with van der Waals surface area (Å²) >= 11 is 6.14. The van der Waals surface area contributed by atoms with Gasteiger partial charge >= 0.3 is 0 Å². The minimum atomic E-state index is -0.253.